The van der Waals surface area contributed by atoms with Crippen molar-refractivity contribution in [1.29, 1.82) is 0 Å². The number of nitrogens with one attached hydrogen (secondary N) is 1. The molecular formula is C18H27N3O6S. The van der Waals surface area contributed by atoms with Crippen LogP contribution in [0.1, 0.15) is 27.2 Å². The predicted octanol–water partition coefficient (Wildman–Crippen LogP) is -0.506. The number of amides is 2. The van der Waals surface area contributed by atoms with E-state index in [0.29, 0.717) is 24.5 Å². The smallest absolute Gasteiger partial charge is 0.353 e. The number of carbonyl (C=O) groups excluding carboxylic acids is 2. The normalized spacial score (nSPS) is 34.1. The zero-order valence-electron chi connectivity index (χ0n) is 16.1. The van der Waals surface area contributed by atoms with Gasteiger partial charge in [-0.1, -0.05) is 6.92 Å². The Morgan fingerprint density at radius 1 is 1.43 bits per heavy atom. The van der Waals surface area contributed by atoms with Gasteiger partial charge in [-0.3, -0.25) is 9.59 Å². The fourth-order valence-electron chi connectivity index (χ4n) is 4.16. The summed E-state index contributed by atoms with van der Waals surface area (Å²) < 4.78 is 5.72. The summed E-state index contributed by atoms with van der Waals surface area (Å²) in [4.78, 5) is 38.0. The van der Waals surface area contributed by atoms with E-state index < -0.39 is 24.0 Å². The van der Waals surface area contributed by atoms with Gasteiger partial charge in [0.15, 0.2) is 0 Å². The van der Waals surface area contributed by atoms with Crippen LogP contribution in [0.25, 0.3) is 0 Å². The Morgan fingerprint density at radius 3 is 2.68 bits per heavy atom. The SMILES string of the molecule is C[C@@H](N)C(=O)NC[C@H]1OCC[C@H]1SC1=C(C(=O)O)N2C(=O)[C@H]([C@@H](C)O)[C@H]2[C@H]1C. The Kier molecular flexibility index (Phi) is 6.04. The van der Waals surface area contributed by atoms with Crippen LogP contribution in [0.15, 0.2) is 10.6 Å². The van der Waals surface area contributed by atoms with E-state index in [-0.39, 0.29) is 40.8 Å². The van der Waals surface area contributed by atoms with Crippen molar-refractivity contribution in [2.24, 2.45) is 17.6 Å². The Hall–Kier alpha value is -1.62. The van der Waals surface area contributed by atoms with E-state index in [4.69, 9.17) is 10.5 Å². The number of aliphatic carboxylic acids is 1. The molecule has 3 heterocycles. The van der Waals surface area contributed by atoms with Crippen LogP contribution < -0.4 is 11.1 Å². The third-order valence-electron chi connectivity index (χ3n) is 5.63. The molecule has 3 rings (SSSR count). The minimum atomic E-state index is -1.14. The zero-order valence-corrected chi connectivity index (χ0v) is 16.9. The molecule has 0 spiro atoms. The summed E-state index contributed by atoms with van der Waals surface area (Å²) >= 11 is 1.41. The van der Waals surface area contributed by atoms with Crippen LogP contribution in [0.5, 0.6) is 0 Å². The second kappa shape index (κ2) is 8.02. The molecule has 10 heteroatoms. The fraction of sp³-hybridized carbons (Fsp3) is 0.722. The highest BCUT2D eigenvalue weighted by Gasteiger charge is 2.60. The third kappa shape index (κ3) is 3.54. The van der Waals surface area contributed by atoms with E-state index in [1.54, 1.807) is 13.8 Å². The summed E-state index contributed by atoms with van der Waals surface area (Å²) in [7, 11) is 0. The summed E-state index contributed by atoms with van der Waals surface area (Å²) in [6.07, 6.45) is -0.379. The zero-order chi connectivity index (χ0) is 20.7. The number of rotatable bonds is 7. The lowest BCUT2D eigenvalue weighted by Gasteiger charge is -2.46. The van der Waals surface area contributed by atoms with E-state index in [9.17, 15) is 24.6 Å². The maximum Gasteiger partial charge on any atom is 0.353 e. The van der Waals surface area contributed by atoms with Crippen molar-refractivity contribution < 1.29 is 29.3 Å². The minimum Gasteiger partial charge on any atom is -0.477 e. The van der Waals surface area contributed by atoms with Gasteiger partial charge >= 0.3 is 5.97 Å². The molecule has 156 valence electrons. The van der Waals surface area contributed by atoms with Gasteiger partial charge in [-0.25, -0.2) is 4.79 Å². The van der Waals surface area contributed by atoms with E-state index in [2.05, 4.69) is 5.32 Å². The first kappa shape index (κ1) is 21.1. The number of thioether (sulfide) groups is 1. The maximum absolute atomic E-state index is 12.4. The Balaban J connectivity index is 1.76. The van der Waals surface area contributed by atoms with Crippen LogP contribution in [-0.2, 0) is 19.1 Å². The van der Waals surface area contributed by atoms with E-state index in [1.807, 2.05) is 6.92 Å². The molecule has 0 saturated carbocycles. The van der Waals surface area contributed by atoms with Crippen molar-refractivity contribution in [2.45, 2.75) is 56.7 Å². The van der Waals surface area contributed by atoms with Gasteiger partial charge < -0.3 is 30.9 Å². The average molecular weight is 413 g/mol. The van der Waals surface area contributed by atoms with Crippen LogP contribution in [-0.4, -0.2) is 75.6 Å². The third-order valence-corrected chi connectivity index (χ3v) is 7.29. The van der Waals surface area contributed by atoms with Gasteiger partial charge in [0.05, 0.1) is 30.2 Å². The second-order valence-electron chi connectivity index (χ2n) is 7.66. The van der Waals surface area contributed by atoms with E-state index >= 15 is 0 Å². The molecule has 0 aromatic heterocycles. The lowest BCUT2D eigenvalue weighted by Crippen LogP contribution is -2.63. The number of carboxylic acid groups (broad SMARTS) is 1. The molecule has 2 amide bonds. The molecule has 5 N–H and O–H groups in total. The van der Waals surface area contributed by atoms with Crippen LogP contribution in [0.4, 0.5) is 0 Å². The molecule has 2 fully saturated rings. The summed E-state index contributed by atoms with van der Waals surface area (Å²) in [6, 6.07) is -0.949. The van der Waals surface area contributed by atoms with Crippen molar-refractivity contribution in [3.63, 3.8) is 0 Å². The number of aliphatic hydroxyl groups is 1. The van der Waals surface area contributed by atoms with Crippen molar-refractivity contribution >= 4 is 29.5 Å². The number of ether oxygens (including phenoxy) is 1. The molecule has 28 heavy (non-hydrogen) atoms. The van der Waals surface area contributed by atoms with Gasteiger partial charge in [-0.2, -0.15) is 0 Å². The molecular weight excluding hydrogens is 386 g/mol. The number of carboxylic acids is 1. The number of hydrogen-bond acceptors (Lipinski definition) is 7. The fourth-order valence-corrected chi connectivity index (χ4v) is 5.68. The lowest BCUT2D eigenvalue weighted by molar-refractivity contribution is -0.163. The molecule has 9 nitrogen and oxygen atoms in total. The molecule has 0 aliphatic carbocycles. The van der Waals surface area contributed by atoms with Crippen molar-refractivity contribution in [1.82, 2.24) is 10.2 Å². The Bertz CT molecular complexity index is 709. The van der Waals surface area contributed by atoms with Gasteiger partial charge in [-0.15, -0.1) is 11.8 Å². The summed E-state index contributed by atoms with van der Waals surface area (Å²) in [5, 5.41) is 22.3. The number of fused-ring (bicyclic) bond motifs is 1. The number of β-lactam (4-membered cyclic amide) rings is 1. The van der Waals surface area contributed by atoms with Crippen LogP contribution in [0, 0.1) is 11.8 Å². The van der Waals surface area contributed by atoms with Gasteiger partial charge in [0.1, 0.15) is 5.70 Å². The number of hydrogen-bond donors (Lipinski definition) is 4. The highest BCUT2D eigenvalue weighted by molar-refractivity contribution is 8.03. The quantitative estimate of drug-likeness (QED) is 0.409. The van der Waals surface area contributed by atoms with Crippen molar-refractivity contribution in [3.8, 4) is 0 Å². The summed E-state index contributed by atoms with van der Waals surface area (Å²) in [5.41, 5.74) is 5.57. The maximum atomic E-state index is 12.4. The molecule has 3 aliphatic rings. The van der Waals surface area contributed by atoms with Gasteiger partial charge in [-0.05, 0) is 20.3 Å². The molecule has 0 radical (unpaired) electrons. The molecule has 0 aromatic rings. The van der Waals surface area contributed by atoms with Gasteiger partial charge in [0.2, 0.25) is 11.8 Å². The molecule has 3 aliphatic heterocycles. The first-order chi connectivity index (χ1) is 13.1. The number of aliphatic hydroxyl groups excluding tert-OH is 1. The van der Waals surface area contributed by atoms with Crippen LogP contribution in [0.3, 0.4) is 0 Å². The first-order valence-electron chi connectivity index (χ1n) is 9.45. The first-order valence-corrected chi connectivity index (χ1v) is 10.3. The average Bonchev–Trinajstić information content (AvgIpc) is 3.14. The van der Waals surface area contributed by atoms with Crippen molar-refractivity contribution in [3.05, 3.63) is 10.6 Å². The largest absolute Gasteiger partial charge is 0.477 e. The number of nitrogens with zero attached hydrogens (tertiary/aromatic N) is 1. The Morgan fingerprint density at radius 2 is 2.11 bits per heavy atom. The topological polar surface area (TPSA) is 142 Å². The van der Waals surface area contributed by atoms with Gasteiger partial charge in [0.25, 0.3) is 0 Å². The molecule has 0 aromatic carbocycles. The van der Waals surface area contributed by atoms with E-state index in [0.717, 1.165) is 0 Å². The number of nitrogens with two attached hydrogens (primary N) is 1. The standard InChI is InChI=1S/C18H27N3O6S/c1-7-13-12(9(3)22)17(24)21(13)14(18(25)26)15(7)28-11-4-5-27-10(11)6-20-16(23)8(2)19/h7-13,22H,4-6,19H2,1-3H3,(H,20,23)(H,25,26)/t7-,8-,9-,10-,11-,12-,13-/m1/s1. The van der Waals surface area contributed by atoms with Crippen molar-refractivity contribution in [2.75, 3.05) is 13.2 Å². The second-order valence-corrected chi connectivity index (χ2v) is 8.94. The molecule has 0 bridgehead atoms. The summed E-state index contributed by atoms with van der Waals surface area (Å²) in [5.74, 6) is -2.52. The minimum absolute atomic E-state index is 0.00895. The molecule has 0 unspecified atom stereocenters. The van der Waals surface area contributed by atoms with Gasteiger partial charge in [0, 0.05) is 29.2 Å². The highest BCUT2D eigenvalue weighted by Crippen LogP contribution is 2.52. The molecule has 7 atom stereocenters. The Labute approximate surface area is 167 Å². The van der Waals surface area contributed by atoms with Crippen LogP contribution in [0.2, 0.25) is 0 Å². The summed E-state index contributed by atoms with van der Waals surface area (Å²) in [6.45, 7) is 5.86. The number of carbonyl (C=O) groups is 3. The monoisotopic (exact) mass is 413 g/mol. The predicted molar refractivity (Wildman–Crippen MR) is 102 cm³/mol. The highest BCUT2D eigenvalue weighted by atomic mass is 32.2. The lowest BCUT2D eigenvalue weighted by atomic mass is 9.79. The van der Waals surface area contributed by atoms with E-state index in [1.165, 1.54) is 16.7 Å². The molecule has 2 saturated heterocycles. The van der Waals surface area contributed by atoms with Crippen LogP contribution >= 0.6 is 11.8 Å².